The molecule has 1 amide bonds. The van der Waals surface area contributed by atoms with Gasteiger partial charge in [-0.05, 0) is 12.8 Å². The lowest BCUT2D eigenvalue weighted by molar-refractivity contribution is 0.0976. The number of ketones is 1. The summed E-state index contributed by atoms with van der Waals surface area (Å²) in [6.07, 6.45) is 2.57. The molecular formula is C9H12N2O3S. The van der Waals surface area contributed by atoms with Crippen LogP contribution in [0.4, 0.5) is 4.79 Å². The quantitative estimate of drug-likeness (QED) is 0.592. The third kappa shape index (κ3) is 4.55. The van der Waals surface area contributed by atoms with Crippen LogP contribution in [0.1, 0.15) is 29.1 Å². The van der Waals surface area contributed by atoms with Crippen molar-refractivity contribution in [2.45, 2.75) is 19.3 Å². The molecule has 0 aromatic carbocycles. The Hall–Kier alpha value is -1.43. The van der Waals surface area contributed by atoms with Gasteiger partial charge < -0.3 is 10.5 Å². The van der Waals surface area contributed by atoms with E-state index in [1.54, 1.807) is 11.6 Å². The molecule has 5 nitrogen and oxygen atoms in total. The van der Waals surface area contributed by atoms with Gasteiger partial charge in [0.2, 0.25) is 0 Å². The highest BCUT2D eigenvalue weighted by Gasteiger charge is 2.07. The molecule has 0 aliphatic heterocycles. The Morgan fingerprint density at radius 1 is 1.47 bits per heavy atom. The van der Waals surface area contributed by atoms with E-state index in [-0.39, 0.29) is 12.4 Å². The summed E-state index contributed by atoms with van der Waals surface area (Å²) in [4.78, 5) is 25.5. The van der Waals surface area contributed by atoms with E-state index < -0.39 is 6.09 Å². The molecular weight excluding hydrogens is 216 g/mol. The Balaban J connectivity index is 2.10. The molecule has 6 heteroatoms. The van der Waals surface area contributed by atoms with Crippen molar-refractivity contribution >= 4 is 23.2 Å². The molecule has 1 aromatic rings. The summed E-state index contributed by atoms with van der Waals surface area (Å²) in [5.74, 6) is 0.0316. The predicted molar refractivity (Wildman–Crippen MR) is 55.8 cm³/mol. The molecule has 0 unspecified atom stereocenters. The Morgan fingerprint density at radius 2 is 2.27 bits per heavy atom. The number of amides is 1. The van der Waals surface area contributed by atoms with Gasteiger partial charge in [0.05, 0.1) is 6.61 Å². The fourth-order valence-electron chi connectivity index (χ4n) is 1.03. The molecule has 0 aliphatic carbocycles. The van der Waals surface area contributed by atoms with Crippen LogP contribution in [0.2, 0.25) is 0 Å². The van der Waals surface area contributed by atoms with Crippen LogP contribution >= 0.6 is 11.3 Å². The van der Waals surface area contributed by atoms with Gasteiger partial charge in [-0.2, -0.15) is 0 Å². The van der Waals surface area contributed by atoms with Crippen LogP contribution < -0.4 is 5.73 Å². The van der Waals surface area contributed by atoms with Gasteiger partial charge in [-0.1, -0.05) is 0 Å². The smallest absolute Gasteiger partial charge is 0.404 e. The molecule has 0 saturated carbocycles. The molecule has 1 aromatic heterocycles. The second kappa shape index (κ2) is 6.13. The number of nitrogens with two attached hydrogens (primary N) is 1. The average molecular weight is 228 g/mol. The fourth-order valence-corrected chi connectivity index (χ4v) is 1.63. The summed E-state index contributed by atoms with van der Waals surface area (Å²) in [5, 5.41) is 2.30. The molecule has 0 fully saturated rings. The van der Waals surface area contributed by atoms with E-state index in [1.165, 1.54) is 11.3 Å². The highest BCUT2D eigenvalue weighted by atomic mass is 32.1. The molecule has 0 atom stereocenters. The van der Waals surface area contributed by atoms with Gasteiger partial charge in [0.25, 0.3) is 0 Å². The summed E-state index contributed by atoms with van der Waals surface area (Å²) in [6.45, 7) is 0.264. The number of aromatic nitrogens is 1. The van der Waals surface area contributed by atoms with E-state index >= 15 is 0 Å². The van der Waals surface area contributed by atoms with Crippen LogP contribution in [-0.4, -0.2) is 23.5 Å². The van der Waals surface area contributed by atoms with E-state index in [2.05, 4.69) is 9.72 Å². The van der Waals surface area contributed by atoms with Crippen LogP contribution in [0, 0.1) is 0 Å². The Labute approximate surface area is 91.3 Å². The Bertz CT molecular complexity index is 324. The van der Waals surface area contributed by atoms with Gasteiger partial charge in [0, 0.05) is 18.0 Å². The maximum absolute atomic E-state index is 11.4. The zero-order valence-corrected chi connectivity index (χ0v) is 8.96. The average Bonchev–Trinajstić information content (AvgIpc) is 2.69. The van der Waals surface area contributed by atoms with Crippen LogP contribution in [-0.2, 0) is 4.74 Å². The maximum atomic E-state index is 11.4. The summed E-state index contributed by atoms with van der Waals surface area (Å²) in [5.41, 5.74) is 4.78. The van der Waals surface area contributed by atoms with E-state index in [0.29, 0.717) is 24.3 Å². The monoisotopic (exact) mass is 228 g/mol. The number of rotatable bonds is 6. The van der Waals surface area contributed by atoms with Crippen molar-refractivity contribution in [1.82, 2.24) is 4.98 Å². The largest absolute Gasteiger partial charge is 0.450 e. The summed E-state index contributed by atoms with van der Waals surface area (Å²) in [6, 6.07) is 0. The SMILES string of the molecule is NC(=O)OCCCCC(=O)c1nccs1. The lowest BCUT2D eigenvalue weighted by Crippen LogP contribution is -2.13. The fraction of sp³-hybridized carbons (Fsp3) is 0.444. The molecule has 1 rings (SSSR count). The van der Waals surface area contributed by atoms with Gasteiger partial charge in [0.15, 0.2) is 10.8 Å². The molecule has 0 radical (unpaired) electrons. The van der Waals surface area contributed by atoms with E-state index in [1.807, 2.05) is 0 Å². The van der Waals surface area contributed by atoms with E-state index in [0.717, 1.165) is 0 Å². The molecule has 2 N–H and O–H groups in total. The van der Waals surface area contributed by atoms with E-state index in [9.17, 15) is 9.59 Å². The van der Waals surface area contributed by atoms with Crippen LogP contribution in [0.25, 0.3) is 0 Å². The normalized spacial score (nSPS) is 9.87. The molecule has 0 bridgehead atoms. The standard InChI is InChI=1S/C9H12N2O3S/c10-9(13)14-5-2-1-3-7(12)8-11-4-6-15-8/h4,6H,1-3,5H2,(H2,10,13). The highest BCUT2D eigenvalue weighted by Crippen LogP contribution is 2.09. The zero-order valence-electron chi connectivity index (χ0n) is 8.14. The number of Topliss-reactive ketones (excluding diaryl/α,β-unsaturated/α-hetero) is 1. The molecule has 0 saturated heterocycles. The number of hydrogen-bond acceptors (Lipinski definition) is 5. The van der Waals surface area contributed by atoms with Crippen molar-refractivity contribution in [3.63, 3.8) is 0 Å². The van der Waals surface area contributed by atoms with Crippen molar-refractivity contribution in [1.29, 1.82) is 0 Å². The van der Waals surface area contributed by atoms with Gasteiger partial charge in [-0.25, -0.2) is 9.78 Å². The number of primary amides is 1. The lowest BCUT2D eigenvalue weighted by atomic mass is 10.2. The molecule has 15 heavy (non-hydrogen) atoms. The van der Waals surface area contributed by atoms with Crippen molar-refractivity contribution in [2.24, 2.45) is 5.73 Å². The lowest BCUT2D eigenvalue weighted by Gasteiger charge is -2.00. The zero-order chi connectivity index (χ0) is 11.1. The number of hydrogen-bond donors (Lipinski definition) is 1. The minimum atomic E-state index is -0.777. The van der Waals surface area contributed by atoms with Crippen LogP contribution in [0.3, 0.4) is 0 Å². The first-order valence-electron chi connectivity index (χ1n) is 4.55. The first kappa shape index (κ1) is 11.6. The Kier molecular flexibility index (Phi) is 4.76. The Morgan fingerprint density at radius 3 is 2.87 bits per heavy atom. The molecule has 0 spiro atoms. The summed E-state index contributed by atoms with van der Waals surface area (Å²) < 4.78 is 4.53. The van der Waals surface area contributed by atoms with Gasteiger partial charge in [0.1, 0.15) is 0 Å². The first-order valence-corrected chi connectivity index (χ1v) is 5.43. The van der Waals surface area contributed by atoms with Crippen molar-refractivity contribution in [2.75, 3.05) is 6.61 Å². The second-order valence-corrected chi connectivity index (χ2v) is 3.78. The number of unbranched alkanes of at least 4 members (excludes halogenated alkanes) is 1. The van der Waals surface area contributed by atoms with Crippen molar-refractivity contribution in [3.05, 3.63) is 16.6 Å². The minimum absolute atomic E-state index is 0.0316. The third-order valence-corrected chi connectivity index (χ3v) is 2.53. The van der Waals surface area contributed by atoms with E-state index in [4.69, 9.17) is 5.73 Å². The van der Waals surface area contributed by atoms with Crippen LogP contribution in [0.5, 0.6) is 0 Å². The van der Waals surface area contributed by atoms with Gasteiger partial charge >= 0.3 is 6.09 Å². The summed E-state index contributed by atoms with van der Waals surface area (Å²) in [7, 11) is 0. The number of carbonyl (C=O) groups excluding carboxylic acids is 2. The minimum Gasteiger partial charge on any atom is -0.450 e. The number of ether oxygens (including phenoxy) is 1. The highest BCUT2D eigenvalue weighted by molar-refractivity contribution is 7.11. The van der Waals surface area contributed by atoms with Gasteiger partial charge in [-0.3, -0.25) is 4.79 Å². The van der Waals surface area contributed by atoms with Crippen molar-refractivity contribution in [3.8, 4) is 0 Å². The third-order valence-electron chi connectivity index (χ3n) is 1.71. The number of thiazole rings is 1. The van der Waals surface area contributed by atoms with Crippen molar-refractivity contribution < 1.29 is 14.3 Å². The number of nitrogens with zero attached hydrogens (tertiary/aromatic N) is 1. The predicted octanol–water partition coefficient (Wildman–Crippen LogP) is 1.59. The maximum Gasteiger partial charge on any atom is 0.404 e. The van der Waals surface area contributed by atoms with Gasteiger partial charge in [-0.15, -0.1) is 11.3 Å². The topological polar surface area (TPSA) is 82.3 Å². The van der Waals surface area contributed by atoms with Crippen LogP contribution in [0.15, 0.2) is 11.6 Å². The first-order chi connectivity index (χ1) is 7.20. The molecule has 82 valence electrons. The molecule has 0 aliphatic rings. The molecule has 1 heterocycles. The number of carbonyl (C=O) groups is 2. The summed E-state index contributed by atoms with van der Waals surface area (Å²) >= 11 is 1.33. The second-order valence-electron chi connectivity index (χ2n) is 2.89.